The molecule has 21 heavy (non-hydrogen) atoms. The van der Waals surface area contributed by atoms with Crippen LogP contribution >= 0.6 is 11.6 Å². The van der Waals surface area contributed by atoms with Gasteiger partial charge in [0.05, 0.1) is 23.2 Å². The average molecular weight is 344 g/mol. The summed E-state index contributed by atoms with van der Waals surface area (Å²) in [6.07, 6.45) is -5.25. The molecule has 0 amide bonds. The van der Waals surface area contributed by atoms with Gasteiger partial charge in [-0.05, 0) is 12.1 Å². The monoisotopic (exact) mass is 343 g/mol. The molecule has 2 rings (SSSR count). The summed E-state index contributed by atoms with van der Waals surface area (Å²) in [7, 11) is -4.24. The van der Waals surface area contributed by atoms with Gasteiger partial charge in [-0.3, -0.25) is 0 Å². The highest BCUT2D eigenvalue weighted by molar-refractivity contribution is 7.89. The van der Waals surface area contributed by atoms with Gasteiger partial charge in [-0.15, -0.1) is 11.6 Å². The third-order valence-corrected chi connectivity index (χ3v) is 5.35. The molecule has 0 aliphatic carbocycles. The average Bonchev–Trinajstić information content (AvgIpc) is 2.46. The van der Waals surface area contributed by atoms with E-state index in [1.165, 1.54) is 6.07 Å². The minimum Gasteiger partial charge on any atom is -0.374 e. The van der Waals surface area contributed by atoms with E-state index in [0.29, 0.717) is 0 Å². The molecule has 1 aromatic rings. The van der Waals surface area contributed by atoms with Crippen molar-refractivity contribution < 1.29 is 26.3 Å². The van der Waals surface area contributed by atoms with Crippen molar-refractivity contribution >= 4 is 21.6 Å². The molecule has 1 fully saturated rings. The van der Waals surface area contributed by atoms with Crippen LogP contribution in [0.25, 0.3) is 0 Å². The molecule has 0 bridgehead atoms. The summed E-state index contributed by atoms with van der Waals surface area (Å²) in [6.45, 7) is 0.0464. The third kappa shape index (κ3) is 3.50. The van der Waals surface area contributed by atoms with Crippen molar-refractivity contribution in [2.45, 2.75) is 17.2 Å². The zero-order valence-electron chi connectivity index (χ0n) is 10.8. The van der Waals surface area contributed by atoms with Crippen molar-refractivity contribution in [3.63, 3.8) is 0 Å². The van der Waals surface area contributed by atoms with Gasteiger partial charge in [0.1, 0.15) is 0 Å². The highest BCUT2D eigenvalue weighted by atomic mass is 35.5. The number of rotatable bonds is 3. The number of hydrogen-bond donors (Lipinski definition) is 0. The van der Waals surface area contributed by atoms with Gasteiger partial charge in [0.25, 0.3) is 0 Å². The quantitative estimate of drug-likeness (QED) is 0.791. The molecule has 1 unspecified atom stereocenters. The second-order valence-electron chi connectivity index (χ2n) is 4.50. The number of morpholine rings is 1. The predicted octanol–water partition coefficient (Wildman–Crippen LogP) is 2.33. The normalized spacial score (nSPS) is 21.4. The lowest BCUT2D eigenvalue weighted by Crippen LogP contribution is -2.46. The van der Waals surface area contributed by atoms with E-state index in [2.05, 4.69) is 0 Å². The molecule has 0 saturated carbocycles. The van der Waals surface area contributed by atoms with Crippen LogP contribution in [0, 0.1) is 0 Å². The van der Waals surface area contributed by atoms with E-state index in [-0.39, 0.29) is 25.6 Å². The minimum absolute atomic E-state index is 0.00190. The number of alkyl halides is 4. The summed E-state index contributed by atoms with van der Waals surface area (Å²) in [5.41, 5.74) is -1.17. The van der Waals surface area contributed by atoms with Gasteiger partial charge in [-0.1, -0.05) is 12.1 Å². The van der Waals surface area contributed by atoms with Gasteiger partial charge >= 0.3 is 6.18 Å². The molecule has 1 aliphatic heterocycles. The number of halogens is 4. The molecule has 4 nitrogen and oxygen atoms in total. The van der Waals surface area contributed by atoms with Crippen molar-refractivity contribution in [1.29, 1.82) is 0 Å². The Kier molecular flexibility index (Phi) is 4.82. The lowest BCUT2D eigenvalue weighted by Gasteiger charge is -2.31. The van der Waals surface area contributed by atoms with Crippen molar-refractivity contribution in [3.8, 4) is 0 Å². The van der Waals surface area contributed by atoms with E-state index in [0.717, 1.165) is 22.5 Å². The largest absolute Gasteiger partial charge is 0.417 e. The smallest absolute Gasteiger partial charge is 0.374 e. The molecule has 9 heteroatoms. The highest BCUT2D eigenvalue weighted by Gasteiger charge is 2.39. The van der Waals surface area contributed by atoms with Crippen LogP contribution in [0.2, 0.25) is 0 Å². The summed E-state index contributed by atoms with van der Waals surface area (Å²) in [4.78, 5) is -0.743. The van der Waals surface area contributed by atoms with Gasteiger partial charge in [-0.2, -0.15) is 17.5 Å². The van der Waals surface area contributed by atoms with E-state index < -0.39 is 32.8 Å². The summed E-state index contributed by atoms with van der Waals surface area (Å²) < 4.78 is 70.0. The van der Waals surface area contributed by atoms with E-state index >= 15 is 0 Å². The summed E-state index contributed by atoms with van der Waals surface area (Å²) in [5, 5.41) is 0. The van der Waals surface area contributed by atoms with Gasteiger partial charge in [0.2, 0.25) is 10.0 Å². The molecule has 0 aromatic heterocycles. The van der Waals surface area contributed by atoms with E-state index in [4.69, 9.17) is 16.3 Å². The van der Waals surface area contributed by atoms with Crippen LogP contribution in [0.5, 0.6) is 0 Å². The van der Waals surface area contributed by atoms with E-state index in [1.54, 1.807) is 0 Å². The molecule has 1 aromatic carbocycles. The first-order valence-corrected chi connectivity index (χ1v) is 8.08. The molecule has 1 heterocycles. The van der Waals surface area contributed by atoms with Crippen LogP contribution in [0.1, 0.15) is 5.56 Å². The maximum atomic E-state index is 13.0. The first-order chi connectivity index (χ1) is 9.76. The first-order valence-electron chi connectivity index (χ1n) is 6.10. The Hall–Kier alpha value is -0.830. The fourth-order valence-electron chi connectivity index (χ4n) is 2.07. The molecular weight excluding hydrogens is 331 g/mol. The Morgan fingerprint density at radius 3 is 2.62 bits per heavy atom. The summed E-state index contributed by atoms with van der Waals surface area (Å²) in [6, 6.07) is 4.14. The predicted molar refractivity (Wildman–Crippen MR) is 70.7 cm³/mol. The second kappa shape index (κ2) is 6.12. The summed E-state index contributed by atoms with van der Waals surface area (Å²) in [5.74, 6) is 0.0763. The van der Waals surface area contributed by atoms with Crippen molar-refractivity contribution in [1.82, 2.24) is 4.31 Å². The zero-order valence-corrected chi connectivity index (χ0v) is 12.4. The maximum Gasteiger partial charge on any atom is 0.417 e. The van der Waals surface area contributed by atoms with E-state index in [1.807, 2.05) is 0 Å². The van der Waals surface area contributed by atoms with Crippen LogP contribution in [-0.2, 0) is 20.9 Å². The standard InChI is InChI=1S/C12H13ClF3NO3S/c13-7-9-8-17(5-6-20-9)21(18,19)11-4-2-1-3-10(11)12(14,15)16/h1-4,9H,5-8H2. The molecule has 0 radical (unpaired) electrons. The van der Waals surface area contributed by atoms with Crippen LogP contribution in [0.4, 0.5) is 13.2 Å². The topological polar surface area (TPSA) is 46.6 Å². The highest BCUT2D eigenvalue weighted by Crippen LogP contribution is 2.35. The Morgan fingerprint density at radius 2 is 2.00 bits per heavy atom. The van der Waals surface area contributed by atoms with Gasteiger partial charge in [-0.25, -0.2) is 8.42 Å². The Labute approximate surface area is 125 Å². The fourth-order valence-corrected chi connectivity index (χ4v) is 3.92. The van der Waals surface area contributed by atoms with Crippen LogP contribution in [-0.4, -0.2) is 44.4 Å². The van der Waals surface area contributed by atoms with Crippen LogP contribution < -0.4 is 0 Å². The number of sulfonamides is 1. The zero-order chi connectivity index (χ0) is 15.7. The van der Waals surface area contributed by atoms with Gasteiger partial charge < -0.3 is 4.74 Å². The fraction of sp³-hybridized carbons (Fsp3) is 0.500. The van der Waals surface area contributed by atoms with Gasteiger partial charge in [0, 0.05) is 19.0 Å². The molecular formula is C12H13ClF3NO3S. The third-order valence-electron chi connectivity index (χ3n) is 3.08. The second-order valence-corrected chi connectivity index (χ2v) is 6.72. The lowest BCUT2D eigenvalue weighted by atomic mass is 10.2. The number of nitrogens with zero attached hydrogens (tertiary/aromatic N) is 1. The molecule has 0 spiro atoms. The molecule has 1 aliphatic rings. The minimum atomic E-state index is -4.73. The number of ether oxygens (including phenoxy) is 1. The molecule has 0 N–H and O–H groups in total. The molecule has 1 saturated heterocycles. The number of benzene rings is 1. The number of hydrogen-bond acceptors (Lipinski definition) is 3. The SMILES string of the molecule is O=S(=O)(c1ccccc1C(F)(F)F)N1CCOC(CCl)C1. The summed E-state index contributed by atoms with van der Waals surface area (Å²) >= 11 is 5.62. The molecule has 1 atom stereocenters. The van der Waals surface area contributed by atoms with Crippen LogP contribution in [0.3, 0.4) is 0 Å². The molecule has 118 valence electrons. The lowest BCUT2D eigenvalue weighted by molar-refractivity contribution is -0.139. The van der Waals surface area contributed by atoms with Crippen molar-refractivity contribution in [2.24, 2.45) is 0 Å². The Morgan fingerprint density at radius 1 is 1.33 bits per heavy atom. The first kappa shape index (κ1) is 16.5. The van der Waals surface area contributed by atoms with Gasteiger partial charge in [0.15, 0.2) is 0 Å². The maximum absolute atomic E-state index is 13.0. The van der Waals surface area contributed by atoms with Crippen molar-refractivity contribution in [2.75, 3.05) is 25.6 Å². The van der Waals surface area contributed by atoms with E-state index in [9.17, 15) is 21.6 Å². The Balaban J connectivity index is 2.41. The van der Waals surface area contributed by atoms with Crippen LogP contribution in [0.15, 0.2) is 29.2 Å². The Bertz CT molecular complexity index is 606. The van der Waals surface area contributed by atoms with Crippen molar-refractivity contribution in [3.05, 3.63) is 29.8 Å².